The number of hydrogen-bond acceptors (Lipinski definition) is 8. The lowest BCUT2D eigenvalue weighted by Crippen LogP contribution is -2.57. The summed E-state index contributed by atoms with van der Waals surface area (Å²) >= 11 is 0. The Morgan fingerprint density at radius 1 is 1.14 bits per heavy atom. The average Bonchev–Trinajstić information content (AvgIpc) is 2.79. The predicted octanol–water partition coefficient (Wildman–Crippen LogP) is 3.19. The standard InChI is InChI=1S/C28H30N2O7/c1-27(2,3)11-30-16-5-4-12-6-13-7-14-8-15-9-18(31)21(26(29)36)25(35)28(15,37)24(34)20(14)23(33)19(13)22(32)17(12)10-16/h4-6,10,14-15,30-32,34,37H,7-9,11H2,1-3H3,(H2,29,36)/t14?,15-,28-/m0/s1. The van der Waals surface area contributed by atoms with Crippen molar-refractivity contribution in [2.75, 3.05) is 11.9 Å². The molecule has 5 rings (SSSR count). The molecule has 194 valence electrons. The van der Waals surface area contributed by atoms with Crippen LogP contribution < -0.4 is 11.1 Å². The SMILES string of the molecule is CC(C)(C)CNc1ccc2cc3c(c(O)c2c1)C(=O)C1=C(O)[C@]2(O)C(=O)C(C(N)=O)=C(O)C[C@@H]2CC1C3. The number of fused-ring (bicyclic) bond motifs is 4. The number of carbonyl (C=O) groups is 3. The van der Waals surface area contributed by atoms with Crippen LogP contribution in [0.1, 0.15) is 49.5 Å². The first-order valence-corrected chi connectivity index (χ1v) is 12.2. The zero-order valence-corrected chi connectivity index (χ0v) is 20.9. The highest BCUT2D eigenvalue weighted by Gasteiger charge is 2.59. The molecule has 0 aromatic heterocycles. The molecule has 1 unspecified atom stereocenters. The van der Waals surface area contributed by atoms with E-state index in [1.807, 2.05) is 18.2 Å². The zero-order chi connectivity index (χ0) is 27.0. The maximum absolute atomic E-state index is 13.7. The molecular formula is C28H30N2O7. The van der Waals surface area contributed by atoms with Gasteiger partial charge in [-0.1, -0.05) is 32.9 Å². The van der Waals surface area contributed by atoms with Crippen molar-refractivity contribution >= 4 is 33.9 Å². The van der Waals surface area contributed by atoms with E-state index in [2.05, 4.69) is 26.1 Å². The monoisotopic (exact) mass is 506 g/mol. The molecule has 3 aliphatic rings. The molecule has 0 saturated heterocycles. The zero-order valence-electron chi connectivity index (χ0n) is 20.9. The highest BCUT2D eigenvalue weighted by atomic mass is 16.3. The maximum atomic E-state index is 13.7. The van der Waals surface area contributed by atoms with E-state index in [4.69, 9.17) is 5.73 Å². The van der Waals surface area contributed by atoms with Crippen LogP contribution in [0.15, 0.2) is 46.9 Å². The second-order valence-electron chi connectivity index (χ2n) is 11.5. The highest BCUT2D eigenvalue weighted by Crippen LogP contribution is 2.52. The van der Waals surface area contributed by atoms with Crippen molar-refractivity contribution in [2.24, 2.45) is 23.0 Å². The first-order valence-electron chi connectivity index (χ1n) is 12.2. The van der Waals surface area contributed by atoms with Crippen molar-refractivity contribution in [3.63, 3.8) is 0 Å². The van der Waals surface area contributed by atoms with Gasteiger partial charge in [-0.3, -0.25) is 14.4 Å². The Morgan fingerprint density at radius 3 is 2.49 bits per heavy atom. The third-order valence-electron chi connectivity index (χ3n) is 7.69. The summed E-state index contributed by atoms with van der Waals surface area (Å²) in [6.07, 6.45) is 0.141. The van der Waals surface area contributed by atoms with Crippen molar-refractivity contribution < 1.29 is 34.8 Å². The van der Waals surface area contributed by atoms with E-state index in [1.54, 1.807) is 6.07 Å². The number of ketones is 2. The van der Waals surface area contributed by atoms with Gasteiger partial charge in [-0.05, 0) is 47.3 Å². The molecule has 3 atom stereocenters. The maximum Gasteiger partial charge on any atom is 0.255 e. The Morgan fingerprint density at radius 2 is 1.84 bits per heavy atom. The Kier molecular flexibility index (Phi) is 5.42. The van der Waals surface area contributed by atoms with Crippen LogP contribution in [0, 0.1) is 17.3 Å². The van der Waals surface area contributed by atoms with Crippen LogP contribution in [0.4, 0.5) is 5.69 Å². The van der Waals surface area contributed by atoms with Crippen molar-refractivity contribution in [2.45, 2.75) is 45.6 Å². The molecule has 2 aromatic rings. The summed E-state index contributed by atoms with van der Waals surface area (Å²) in [5.41, 5.74) is 3.13. The van der Waals surface area contributed by atoms with Crippen molar-refractivity contribution in [3.8, 4) is 5.75 Å². The number of aliphatic hydroxyl groups excluding tert-OH is 2. The number of phenols is 1. The number of amides is 1. The number of benzene rings is 2. The van der Waals surface area contributed by atoms with Gasteiger partial charge in [0.2, 0.25) is 5.78 Å². The van der Waals surface area contributed by atoms with Crippen molar-refractivity contribution in [1.29, 1.82) is 0 Å². The van der Waals surface area contributed by atoms with Crippen LogP contribution in [0.25, 0.3) is 10.8 Å². The molecule has 1 amide bonds. The van der Waals surface area contributed by atoms with Gasteiger partial charge in [-0.2, -0.15) is 0 Å². The number of phenolic OH excluding ortho intramolecular Hbond substituents is 1. The lowest BCUT2D eigenvalue weighted by atomic mass is 9.60. The minimum absolute atomic E-state index is 0.0112. The van der Waals surface area contributed by atoms with Crippen LogP contribution in [-0.2, 0) is 16.0 Å². The molecule has 0 aliphatic heterocycles. The number of anilines is 1. The lowest BCUT2D eigenvalue weighted by Gasteiger charge is -2.45. The molecule has 0 bridgehead atoms. The number of primary amides is 1. The first kappa shape index (κ1) is 24.8. The largest absolute Gasteiger partial charge is 0.511 e. The topological polar surface area (TPSA) is 170 Å². The number of carbonyl (C=O) groups excluding carboxylic acids is 3. The molecule has 2 aromatic carbocycles. The molecule has 0 spiro atoms. The van der Waals surface area contributed by atoms with E-state index < -0.39 is 52.0 Å². The van der Waals surface area contributed by atoms with Crippen LogP contribution in [0.3, 0.4) is 0 Å². The summed E-state index contributed by atoms with van der Waals surface area (Å²) in [7, 11) is 0. The number of aromatic hydroxyl groups is 1. The number of aliphatic hydroxyl groups is 3. The van der Waals surface area contributed by atoms with Gasteiger partial charge in [0.25, 0.3) is 5.91 Å². The molecule has 0 saturated carbocycles. The van der Waals surface area contributed by atoms with E-state index in [0.29, 0.717) is 17.5 Å². The molecule has 0 heterocycles. The molecule has 37 heavy (non-hydrogen) atoms. The van der Waals surface area contributed by atoms with Crippen LogP contribution >= 0.6 is 0 Å². The van der Waals surface area contributed by atoms with E-state index in [-0.39, 0.29) is 41.6 Å². The van der Waals surface area contributed by atoms with Crippen molar-refractivity contribution in [1.82, 2.24) is 0 Å². The van der Waals surface area contributed by atoms with Crippen LogP contribution in [0.5, 0.6) is 5.75 Å². The minimum atomic E-state index is -2.56. The third-order valence-corrected chi connectivity index (χ3v) is 7.69. The molecular weight excluding hydrogens is 476 g/mol. The number of rotatable bonds is 3. The molecule has 7 N–H and O–H groups in total. The summed E-state index contributed by atoms with van der Waals surface area (Å²) in [6.45, 7) is 6.96. The Bertz CT molecular complexity index is 1460. The lowest BCUT2D eigenvalue weighted by molar-refractivity contribution is -0.144. The van der Waals surface area contributed by atoms with Crippen LogP contribution in [-0.4, -0.2) is 50.0 Å². The number of allylic oxidation sites excluding steroid dienone is 2. The number of nitrogens with one attached hydrogen (secondary N) is 1. The second-order valence-corrected chi connectivity index (χ2v) is 11.5. The fourth-order valence-corrected chi connectivity index (χ4v) is 5.86. The summed E-state index contributed by atoms with van der Waals surface area (Å²) < 4.78 is 0. The van der Waals surface area contributed by atoms with Crippen LogP contribution in [0.2, 0.25) is 0 Å². The van der Waals surface area contributed by atoms with Gasteiger partial charge in [0, 0.05) is 35.5 Å². The van der Waals surface area contributed by atoms with Gasteiger partial charge in [0.15, 0.2) is 11.4 Å². The summed E-state index contributed by atoms with van der Waals surface area (Å²) in [5, 5.41) is 48.5. The van der Waals surface area contributed by atoms with E-state index in [1.165, 1.54) is 0 Å². The smallest absolute Gasteiger partial charge is 0.255 e. The van der Waals surface area contributed by atoms with Gasteiger partial charge in [-0.25, -0.2) is 0 Å². The molecule has 0 fully saturated rings. The molecule has 9 nitrogen and oxygen atoms in total. The van der Waals surface area contributed by atoms with Gasteiger partial charge >= 0.3 is 0 Å². The summed E-state index contributed by atoms with van der Waals surface area (Å²) in [4.78, 5) is 38.5. The summed E-state index contributed by atoms with van der Waals surface area (Å²) in [6, 6.07) is 7.36. The first-order chi connectivity index (χ1) is 17.2. The van der Waals surface area contributed by atoms with Gasteiger partial charge < -0.3 is 31.5 Å². The number of Topliss-reactive ketones (excluding diaryl/α,β-unsaturated/α-hetero) is 2. The normalized spacial score (nSPS) is 25.6. The summed E-state index contributed by atoms with van der Waals surface area (Å²) in [5.74, 6) is -6.26. The van der Waals surface area contributed by atoms with Gasteiger partial charge in [0.1, 0.15) is 22.8 Å². The Labute approximate surface area is 213 Å². The van der Waals surface area contributed by atoms with Crippen molar-refractivity contribution in [3.05, 3.63) is 58.1 Å². The quantitative estimate of drug-likeness (QED) is 0.345. The average molecular weight is 507 g/mol. The Balaban J connectivity index is 1.61. The molecule has 0 radical (unpaired) electrons. The highest BCUT2D eigenvalue weighted by molar-refractivity contribution is 6.24. The minimum Gasteiger partial charge on any atom is -0.511 e. The second kappa shape index (κ2) is 8.08. The fourth-order valence-electron chi connectivity index (χ4n) is 5.86. The van der Waals surface area contributed by atoms with E-state index >= 15 is 0 Å². The van der Waals surface area contributed by atoms with E-state index in [0.717, 1.165) is 11.1 Å². The van der Waals surface area contributed by atoms with E-state index in [9.17, 15) is 34.8 Å². The predicted molar refractivity (Wildman–Crippen MR) is 136 cm³/mol. The van der Waals surface area contributed by atoms with Gasteiger partial charge in [0.05, 0.1) is 5.56 Å². The fraction of sp³-hybridized carbons (Fsp3) is 0.393. The number of hydrogen-bond donors (Lipinski definition) is 6. The Hall–Kier alpha value is -3.85. The molecule has 9 heteroatoms. The molecule has 3 aliphatic carbocycles. The number of nitrogens with two attached hydrogens (primary N) is 1. The third kappa shape index (κ3) is 3.68. The van der Waals surface area contributed by atoms with Gasteiger partial charge in [-0.15, -0.1) is 0 Å².